The maximum Gasteiger partial charge on any atom is 0.291 e. The Bertz CT molecular complexity index is 888. The van der Waals surface area contributed by atoms with E-state index >= 15 is 0 Å². The van der Waals surface area contributed by atoms with Crippen LogP contribution in [0.2, 0.25) is 0 Å². The number of nitrogens with one attached hydrogen (secondary N) is 1. The van der Waals surface area contributed by atoms with Gasteiger partial charge in [0, 0.05) is 0 Å². The van der Waals surface area contributed by atoms with Gasteiger partial charge < -0.3 is 14.5 Å². The van der Waals surface area contributed by atoms with Gasteiger partial charge in [-0.1, -0.05) is 6.07 Å². The minimum atomic E-state index is -0.558. The third-order valence-electron chi connectivity index (χ3n) is 3.45. The van der Waals surface area contributed by atoms with Gasteiger partial charge >= 0.3 is 0 Å². The van der Waals surface area contributed by atoms with Crippen LogP contribution in [0.1, 0.15) is 21.9 Å². The predicted molar refractivity (Wildman–Crippen MR) is 88.5 cm³/mol. The third kappa shape index (κ3) is 4.23. The number of halogens is 2. The lowest BCUT2D eigenvalue weighted by Gasteiger charge is -2.06. The van der Waals surface area contributed by atoms with Gasteiger partial charge in [-0.3, -0.25) is 4.79 Å². The standard InChI is InChI=1S/C19H15F2NO3/c1-12-2-8-16(21)17(10-12)22-19(23)18-9-7-15(25-18)11-24-14-5-3-13(20)4-6-14/h2-10H,11H2,1H3,(H,22,23). The van der Waals surface area contributed by atoms with Crippen molar-refractivity contribution in [2.45, 2.75) is 13.5 Å². The molecule has 6 heteroatoms. The van der Waals surface area contributed by atoms with Gasteiger partial charge in [-0.15, -0.1) is 0 Å². The predicted octanol–water partition coefficient (Wildman–Crippen LogP) is 4.70. The number of furan rings is 1. The van der Waals surface area contributed by atoms with E-state index in [-0.39, 0.29) is 23.9 Å². The number of ether oxygens (including phenoxy) is 1. The summed E-state index contributed by atoms with van der Waals surface area (Å²) in [6.07, 6.45) is 0. The summed E-state index contributed by atoms with van der Waals surface area (Å²) in [4.78, 5) is 12.1. The third-order valence-corrected chi connectivity index (χ3v) is 3.45. The highest BCUT2D eigenvalue weighted by Crippen LogP contribution is 2.19. The van der Waals surface area contributed by atoms with Gasteiger partial charge in [-0.2, -0.15) is 0 Å². The van der Waals surface area contributed by atoms with Crippen molar-refractivity contribution in [3.63, 3.8) is 0 Å². The zero-order valence-corrected chi connectivity index (χ0v) is 13.4. The van der Waals surface area contributed by atoms with Crippen LogP contribution < -0.4 is 10.1 Å². The number of aryl methyl sites for hydroxylation is 1. The smallest absolute Gasteiger partial charge is 0.291 e. The number of amides is 1. The highest BCUT2D eigenvalue weighted by Gasteiger charge is 2.14. The van der Waals surface area contributed by atoms with Crippen LogP contribution in [0.15, 0.2) is 59.0 Å². The Morgan fingerprint density at radius 1 is 1.08 bits per heavy atom. The van der Waals surface area contributed by atoms with Crippen LogP contribution in [0.4, 0.5) is 14.5 Å². The SMILES string of the molecule is Cc1ccc(F)c(NC(=O)c2ccc(COc3ccc(F)cc3)o2)c1. The van der Waals surface area contributed by atoms with Crippen molar-refractivity contribution in [1.82, 2.24) is 0 Å². The molecule has 0 fully saturated rings. The first-order chi connectivity index (χ1) is 12.0. The fourth-order valence-corrected chi connectivity index (χ4v) is 2.18. The lowest BCUT2D eigenvalue weighted by Crippen LogP contribution is -2.12. The Balaban J connectivity index is 1.63. The van der Waals surface area contributed by atoms with E-state index in [9.17, 15) is 13.6 Å². The monoisotopic (exact) mass is 343 g/mol. The lowest BCUT2D eigenvalue weighted by atomic mass is 10.2. The normalized spacial score (nSPS) is 10.5. The Kier molecular flexibility index (Phi) is 4.79. The second kappa shape index (κ2) is 7.17. The molecule has 128 valence electrons. The van der Waals surface area contributed by atoms with Crippen LogP contribution in [0.3, 0.4) is 0 Å². The number of hydrogen-bond acceptors (Lipinski definition) is 3. The zero-order valence-electron chi connectivity index (χ0n) is 13.4. The second-order valence-corrected chi connectivity index (χ2v) is 5.45. The zero-order chi connectivity index (χ0) is 17.8. The molecule has 1 amide bonds. The molecule has 1 aromatic heterocycles. The maximum absolute atomic E-state index is 13.7. The van der Waals surface area contributed by atoms with Gasteiger partial charge in [0.2, 0.25) is 0 Å². The molecule has 3 rings (SSSR count). The van der Waals surface area contributed by atoms with Crippen LogP contribution in [0.25, 0.3) is 0 Å². The minimum absolute atomic E-state index is 0.0404. The first-order valence-electron chi connectivity index (χ1n) is 7.56. The number of benzene rings is 2. The number of rotatable bonds is 5. The molecule has 0 saturated carbocycles. The molecular weight excluding hydrogens is 328 g/mol. The van der Waals surface area contributed by atoms with Crippen molar-refractivity contribution in [3.8, 4) is 5.75 Å². The quantitative estimate of drug-likeness (QED) is 0.731. The molecular formula is C19H15F2NO3. The molecule has 2 aromatic carbocycles. The molecule has 0 unspecified atom stereocenters. The van der Waals surface area contributed by atoms with E-state index in [2.05, 4.69) is 5.32 Å². The Labute approximate surface area is 143 Å². The molecule has 0 radical (unpaired) electrons. The summed E-state index contributed by atoms with van der Waals surface area (Å²) in [5.41, 5.74) is 0.912. The van der Waals surface area contributed by atoms with Crippen molar-refractivity contribution >= 4 is 11.6 Å². The Morgan fingerprint density at radius 3 is 2.60 bits per heavy atom. The van der Waals surface area contributed by atoms with E-state index in [0.29, 0.717) is 11.5 Å². The van der Waals surface area contributed by atoms with Gasteiger partial charge in [0.15, 0.2) is 5.76 Å². The highest BCUT2D eigenvalue weighted by atomic mass is 19.1. The number of carbonyl (C=O) groups excluding carboxylic acids is 1. The summed E-state index contributed by atoms with van der Waals surface area (Å²) in [6, 6.07) is 13.1. The summed E-state index contributed by atoms with van der Waals surface area (Å²) in [5, 5.41) is 2.47. The Morgan fingerprint density at radius 2 is 1.84 bits per heavy atom. The van der Waals surface area contributed by atoms with Crippen LogP contribution >= 0.6 is 0 Å². The van der Waals surface area contributed by atoms with Crippen molar-refractivity contribution in [2.75, 3.05) is 5.32 Å². The maximum atomic E-state index is 13.7. The number of hydrogen-bond donors (Lipinski definition) is 1. The first kappa shape index (κ1) is 16.7. The van der Waals surface area contributed by atoms with Crippen molar-refractivity contribution in [3.05, 3.63) is 83.3 Å². The average molecular weight is 343 g/mol. The summed E-state index contributed by atoms with van der Waals surface area (Å²) in [7, 11) is 0. The van der Waals surface area contributed by atoms with Gasteiger partial charge in [0.25, 0.3) is 5.91 Å². The van der Waals surface area contributed by atoms with Gasteiger partial charge in [-0.25, -0.2) is 8.78 Å². The fraction of sp³-hybridized carbons (Fsp3) is 0.105. The molecule has 0 atom stereocenters. The van der Waals surface area contributed by atoms with Crippen LogP contribution in [0.5, 0.6) is 5.75 Å². The molecule has 1 heterocycles. The summed E-state index contributed by atoms with van der Waals surface area (Å²) in [6.45, 7) is 1.88. The molecule has 0 aliphatic carbocycles. The molecule has 4 nitrogen and oxygen atoms in total. The summed E-state index contributed by atoms with van der Waals surface area (Å²) >= 11 is 0. The van der Waals surface area contributed by atoms with Crippen LogP contribution in [-0.2, 0) is 6.61 Å². The van der Waals surface area contributed by atoms with Gasteiger partial charge in [0.1, 0.15) is 29.8 Å². The second-order valence-electron chi connectivity index (χ2n) is 5.45. The van der Waals surface area contributed by atoms with Crippen molar-refractivity contribution < 1.29 is 22.7 Å². The molecule has 0 aliphatic rings. The van der Waals surface area contributed by atoms with E-state index in [4.69, 9.17) is 9.15 Å². The van der Waals surface area contributed by atoms with E-state index in [0.717, 1.165) is 5.56 Å². The summed E-state index contributed by atoms with van der Waals surface area (Å²) in [5.74, 6) is -0.501. The molecule has 25 heavy (non-hydrogen) atoms. The van der Waals surface area contributed by atoms with Crippen LogP contribution in [-0.4, -0.2) is 5.91 Å². The largest absolute Gasteiger partial charge is 0.486 e. The number of anilines is 1. The molecule has 0 aliphatic heterocycles. The average Bonchev–Trinajstić information content (AvgIpc) is 3.07. The first-order valence-corrected chi connectivity index (χ1v) is 7.56. The van der Waals surface area contributed by atoms with Gasteiger partial charge in [0.05, 0.1) is 5.69 Å². The Hall–Kier alpha value is -3.15. The van der Waals surface area contributed by atoms with Crippen LogP contribution in [0, 0.1) is 18.6 Å². The minimum Gasteiger partial charge on any atom is -0.486 e. The lowest BCUT2D eigenvalue weighted by molar-refractivity contribution is 0.0992. The van der Waals surface area contributed by atoms with Gasteiger partial charge in [-0.05, 0) is 61.0 Å². The molecule has 0 bridgehead atoms. The fourth-order valence-electron chi connectivity index (χ4n) is 2.18. The molecule has 0 spiro atoms. The van der Waals surface area contributed by atoms with Crippen molar-refractivity contribution in [1.29, 1.82) is 0 Å². The van der Waals surface area contributed by atoms with E-state index in [1.54, 1.807) is 19.1 Å². The topological polar surface area (TPSA) is 51.5 Å². The van der Waals surface area contributed by atoms with Crippen molar-refractivity contribution in [2.24, 2.45) is 0 Å². The molecule has 1 N–H and O–H groups in total. The highest BCUT2D eigenvalue weighted by molar-refractivity contribution is 6.02. The van der Waals surface area contributed by atoms with E-state index in [1.165, 1.54) is 42.5 Å². The van der Waals surface area contributed by atoms with E-state index < -0.39 is 11.7 Å². The molecule has 3 aromatic rings. The molecule has 0 saturated heterocycles. The summed E-state index contributed by atoms with van der Waals surface area (Å²) < 4.78 is 37.4. The number of carbonyl (C=O) groups is 1. The van der Waals surface area contributed by atoms with E-state index in [1.807, 2.05) is 0 Å².